The normalized spacial score (nSPS) is 14.8. The summed E-state index contributed by atoms with van der Waals surface area (Å²) >= 11 is 0. The number of aryl methyl sites for hydroxylation is 1. The van der Waals surface area contributed by atoms with Gasteiger partial charge in [0.05, 0.1) is 17.9 Å². The lowest BCUT2D eigenvalue weighted by molar-refractivity contribution is -0.127. The predicted molar refractivity (Wildman–Crippen MR) is 143 cm³/mol. The lowest BCUT2D eigenvalue weighted by Crippen LogP contribution is -2.34. The number of nitrogens with one attached hydrogen (secondary N) is 1. The van der Waals surface area contributed by atoms with Crippen molar-refractivity contribution in [3.63, 3.8) is 0 Å². The Morgan fingerprint density at radius 3 is 2.50 bits per heavy atom. The molecule has 0 saturated heterocycles. The molecular formula is C30H35N5O. The van der Waals surface area contributed by atoms with E-state index in [0.717, 1.165) is 60.2 Å². The van der Waals surface area contributed by atoms with Crippen LogP contribution >= 0.6 is 0 Å². The number of aromatic nitrogens is 4. The summed E-state index contributed by atoms with van der Waals surface area (Å²) in [7, 11) is 0. The lowest BCUT2D eigenvalue weighted by Gasteiger charge is -2.22. The van der Waals surface area contributed by atoms with Gasteiger partial charge in [0, 0.05) is 48.2 Å². The zero-order valence-electron chi connectivity index (χ0n) is 20.9. The molecule has 0 spiro atoms. The van der Waals surface area contributed by atoms with Crippen LogP contribution in [0.2, 0.25) is 0 Å². The summed E-state index contributed by atoms with van der Waals surface area (Å²) < 4.78 is 2.26. The van der Waals surface area contributed by atoms with Gasteiger partial charge in [-0.15, -0.1) is 0 Å². The number of pyridine rings is 3. The van der Waals surface area contributed by atoms with Gasteiger partial charge in [-0.3, -0.25) is 14.8 Å². The molecule has 186 valence electrons. The summed E-state index contributed by atoms with van der Waals surface area (Å²) in [4.78, 5) is 26.7. The summed E-state index contributed by atoms with van der Waals surface area (Å²) in [5, 5.41) is 4.30. The number of carbonyl (C=O) groups is 1. The van der Waals surface area contributed by atoms with Crippen LogP contribution in [0.3, 0.4) is 0 Å². The molecule has 6 nitrogen and oxygen atoms in total. The molecule has 1 aliphatic rings. The summed E-state index contributed by atoms with van der Waals surface area (Å²) in [6.07, 6.45) is 16.7. The van der Waals surface area contributed by atoms with Crippen LogP contribution in [-0.2, 0) is 17.9 Å². The smallest absolute Gasteiger partial charge is 0.223 e. The van der Waals surface area contributed by atoms with E-state index >= 15 is 0 Å². The second-order valence-electron chi connectivity index (χ2n) is 9.86. The van der Waals surface area contributed by atoms with Gasteiger partial charge >= 0.3 is 0 Å². The minimum absolute atomic E-state index is 0.112. The van der Waals surface area contributed by atoms with E-state index in [0.29, 0.717) is 12.5 Å². The third-order valence-electron chi connectivity index (χ3n) is 7.46. The Morgan fingerprint density at radius 2 is 1.72 bits per heavy atom. The molecule has 36 heavy (non-hydrogen) atoms. The van der Waals surface area contributed by atoms with Crippen molar-refractivity contribution in [2.24, 2.45) is 11.8 Å². The quantitative estimate of drug-likeness (QED) is 0.260. The van der Waals surface area contributed by atoms with Crippen LogP contribution in [0.15, 0.2) is 73.3 Å². The van der Waals surface area contributed by atoms with E-state index in [-0.39, 0.29) is 11.8 Å². The molecule has 0 aliphatic heterocycles. The van der Waals surface area contributed by atoms with E-state index in [1.807, 2.05) is 54.9 Å². The van der Waals surface area contributed by atoms with Crippen molar-refractivity contribution in [1.29, 1.82) is 0 Å². The van der Waals surface area contributed by atoms with Gasteiger partial charge in [0.1, 0.15) is 5.65 Å². The molecule has 5 rings (SSSR count). The number of nitrogens with zero attached hydrogens (tertiary/aromatic N) is 4. The van der Waals surface area contributed by atoms with Crippen LogP contribution in [0.4, 0.5) is 0 Å². The molecule has 1 saturated carbocycles. The van der Waals surface area contributed by atoms with Gasteiger partial charge in [0.15, 0.2) is 0 Å². The molecule has 0 aromatic carbocycles. The fourth-order valence-corrected chi connectivity index (χ4v) is 5.59. The zero-order chi connectivity index (χ0) is 24.6. The van der Waals surface area contributed by atoms with Gasteiger partial charge in [-0.2, -0.15) is 0 Å². The standard InChI is InChI=1S/C30H35N5O/c36-30(34-21-24-13-5-7-17-31-24)25(23-11-3-4-12-23)14-2-1-9-20-35-22-27(28-16-6-8-18-32-28)26-15-10-19-33-29(26)35/h5-8,10,13,15-19,22-23,25H,1-4,9,11-12,14,20-21H2,(H,34,36). The largest absolute Gasteiger partial charge is 0.350 e. The highest BCUT2D eigenvalue weighted by atomic mass is 16.1. The molecule has 1 fully saturated rings. The van der Waals surface area contributed by atoms with Crippen LogP contribution < -0.4 is 5.32 Å². The van der Waals surface area contributed by atoms with E-state index in [4.69, 9.17) is 0 Å². The first-order valence-electron chi connectivity index (χ1n) is 13.3. The van der Waals surface area contributed by atoms with E-state index in [2.05, 4.69) is 37.1 Å². The number of amides is 1. The Kier molecular flexibility index (Phi) is 8.01. The molecule has 0 bridgehead atoms. The molecule has 1 amide bonds. The van der Waals surface area contributed by atoms with Gasteiger partial charge in [-0.05, 0) is 68.0 Å². The first kappa shape index (κ1) is 24.2. The van der Waals surface area contributed by atoms with Gasteiger partial charge in [0.25, 0.3) is 0 Å². The number of unbranched alkanes of at least 4 members (excludes halogenated alkanes) is 2. The van der Waals surface area contributed by atoms with E-state index < -0.39 is 0 Å². The molecule has 4 aromatic heterocycles. The number of hydrogen-bond acceptors (Lipinski definition) is 4. The van der Waals surface area contributed by atoms with E-state index in [1.54, 1.807) is 6.20 Å². The maximum absolute atomic E-state index is 13.1. The summed E-state index contributed by atoms with van der Waals surface area (Å²) in [5.41, 5.74) is 4.03. The molecule has 4 aromatic rings. The first-order valence-corrected chi connectivity index (χ1v) is 13.3. The van der Waals surface area contributed by atoms with Crippen molar-refractivity contribution in [2.75, 3.05) is 0 Å². The molecular weight excluding hydrogens is 446 g/mol. The second-order valence-corrected chi connectivity index (χ2v) is 9.86. The first-order chi connectivity index (χ1) is 17.8. The maximum Gasteiger partial charge on any atom is 0.223 e. The summed E-state index contributed by atoms with van der Waals surface area (Å²) in [5.74, 6) is 0.835. The van der Waals surface area contributed by atoms with Crippen molar-refractivity contribution < 1.29 is 4.79 Å². The number of hydrogen-bond donors (Lipinski definition) is 1. The van der Waals surface area contributed by atoms with Gasteiger partial charge in [-0.25, -0.2) is 4.98 Å². The van der Waals surface area contributed by atoms with Crippen LogP contribution in [0.25, 0.3) is 22.3 Å². The Bertz CT molecular complexity index is 1250. The summed E-state index contributed by atoms with van der Waals surface area (Å²) in [6.45, 7) is 1.43. The minimum Gasteiger partial charge on any atom is -0.350 e. The molecule has 1 unspecified atom stereocenters. The molecule has 1 N–H and O–H groups in total. The lowest BCUT2D eigenvalue weighted by atomic mass is 9.85. The highest BCUT2D eigenvalue weighted by Gasteiger charge is 2.30. The fraction of sp³-hybridized carbons (Fsp3) is 0.400. The number of carbonyl (C=O) groups excluding carboxylic acids is 1. The zero-order valence-corrected chi connectivity index (χ0v) is 20.9. The Balaban J connectivity index is 1.16. The van der Waals surface area contributed by atoms with Crippen LogP contribution in [0.1, 0.15) is 57.1 Å². The van der Waals surface area contributed by atoms with Gasteiger partial charge in [0.2, 0.25) is 5.91 Å². The topological polar surface area (TPSA) is 72.7 Å². The third-order valence-corrected chi connectivity index (χ3v) is 7.46. The third kappa shape index (κ3) is 5.81. The monoisotopic (exact) mass is 481 g/mol. The van der Waals surface area contributed by atoms with Crippen molar-refractivity contribution in [1.82, 2.24) is 24.8 Å². The highest BCUT2D eigenvalue weighted by Crippen LogP contribution is 2.34. The number of fused-ring (bicyclic) bond motifs is 1. The minimum atomic E-state index is 0.112. The Hall–Kier alpha value is -3.54. The maximum atomic E-state index is 13.1. The van der Waals surface area contributed by atoms with Crippen molar-refractivity contribution in [3.05, 3.63) is 79.0 Å². The average molecular weight is 482 g/mol. The molecule has 0 radical (unpaired) electrons. The second kappa shape index (κ2) is 11.9. The predicted octanol–water partition coefficient (Wildman–Crippen LogP) is 6.18. The van der Waals surface area contributed by atoms with Crippen LogP contribution in [0.5, 0.6) is 0 Å². The molecule has 6 heteroatoms. The fourth-order valence-electron chi connectivity index (χ4n) is 5.59. The van der Waals surface area contributed by atoms with E-state index in [9.17, 15) is 4.79 Å². The van der Waals surface area contributed by atoms with Crippen LogP contribution in [0, 0.1) is 11.8 Å². The Morgan fingerprint density at radius 1 is 0.917 bits per heavy atom. The van der Waals surface area contributed by atoms with Crippen molar-refractivity contribution in [2.45, 2.75) is 64.5 Å². The van der Waals surface area contributed by atoms with Crippen molar-refractivity contribution in [3.8, 4) is 11.3 Å². The van der Waals surface area contributed by atoms with Gasteiger partial charge < -0.3 is 9.88 Å². The molecule has 1 atom stereocenters. The highest BCUT2D eigenvalue weighted by molar-refractivity contribution is 5.92. The van der Waals surface area contributed by atoms with E-state index in [1.165, 1.54) is 25.7 Å². The summed E-state index contributed by atoms with van der Waals surface area (Å²) in [6, 6.07) is 16.0. The number of rotatable bonds is 11. The SMILES string of the molecule is O=C(NCc1ccccn1)C(CCCCCn1cc(-c2ccccn2)c2cccnc21)C1CCCC1. The molecule has 4 heterocycles. The Labute approximate surface area is 213 Å². The molecule has 1 aliphatic carbocycles. The average Bonchev–Trinajstić information content (AvgIpc) is 3.59. The van der Waals surface area contributed by atoms with Crippen LogP contribution in [-0.4, -0.2) is 25.4 Å². The van der Waals surface area contributed by atoms with Gasteiger partial charge in [-0.1, -0.05) is 37.8 Å². The van der Waals surface area contributed by atoms with Crippen molar-refractivity contribution >= 4 is 16.9 Å².